The molecule has 2 aromatic rings. The summed E-state index contributed by atoms with van der Waals surface area (Å²) in [6, 6.07) is 10.0. The van der Waals surface area contributed by atoms with Crippen LogP contribution in [0.4, 0.5) is 17.6 Å². The predicted octanol–water partition coefficient (Wildman–Crippen LogP) is 3.81. The van der Waals surface area contributed by atoms with Gasteiger partial charge < -0.3 is 9.84 Å². The molecule has 1 atom stereocenters. The Morgan fingerprint density at radius 3 is 1.75 bits per heavy atom. The Morgan fingerprint density at radius 1 is 0.850 bits per heavy atom. The van der Waals surface area contributed by atoms with Crippen molar-refractivity contribution < 1.29 is 27.4 Å². The van der Waals surface area contributed by atoms with Gasteiger partial charge in [0, 0.05) is 0 Å². The third-order valence-electron chi connectivity index (χ3n) is 2.62. The van der Waals surface area contributed by atoms with Gasteiger partial charge in [-0.3, -0.25) is 0 Å². The van der Waals surface area contributed by atoms with Gasteiger partial charge in [0.15, 0.2) is 0 Å². The monoisotopic (exact) mass is 286 g/mol. The van der Waals surface area contributed by atoms with E-state index in [0.29, 0.717) is 11.1 Å². The fraction of sp³-hybridized carbons (Fsp3) is 0.143. The Labute approximate surface area is 112 Å². The lowest BCUT2D eigenvalue weighted by atomic mass is 10.0. The fourth-order valence-corrected chi connectivity index (χ4v) is 1.69. The molecule has 0 amide bonds. The summed E-state index contributed by atoms with van der Waals surface area (Å²) in [5, 5.41) is 10.0. The lowest BCUT2D eigenvalue weighted by Crippen LogP contribution is -2.17. The van der Waals surface area contributed by atoms with Crippen LogP contribution in [0, 0.1) is 5.82 Å². The van der Waals surface area contributed by atoms with Crippen molar-refractivity contribution in [1.82, 2.24) is 0 Å². The van der Waals surface area contributed by atoms with Crippen molar-refractivity contribution in [3.63, 3.8) is 0 Å². The molecule has 2 aromatic carbocycles. The summed E-state index contributed by atoms with van der Waals surface area (Å²) >= 11 is 0. The molecular weight excluding hydrogens is 276 g/mol. The van der Waals surface area contributed by atoms with E-state index >= 15 is 0 Å². The standard InChI is InChI=1S/C14H10F4O2/c15-11-5-1-9(2-6-11)13(19)10-3-7-12(8-4-10)20-14(16,17)18/h1-8,13,19H. The van der Waals surface area contributed by atoms with E-state index in [-0.39, 0.29) is 5.75 Å². The number of alkyl halides is 3. The Bertz CT molecular complexity index is 561. The van der Waals surface area contributed by atoms with E-state index in [0.717, 1.165) is 12.1 Å². The third kappa shape index (κ3) is 3.71. The lowest BCUT2D eigenvalue weighted by Gasteiger charge is -2.13. The molecule has 2 rings (SSSR count). The first kappa shape index (κ1) is 14.3. The maximum atomic E-state index is 12.8. The molecule has 0 aliphatic rings. The van der Waals surface area contributed by atoms with Gasteiger partial charge in [0.1, 0.15) is 17.7 Å². The second kappa shape index (κ2) is 5.50. The fourth-order valence-electron chi connectivity index (χ4n) is 1.69. The van der Waals surface area contributed by atoms with Crippen LogP contribution in [0.25, 0.3) is 0 Å². The van der Waals surface area contributed by atoms with Gasteiger partial charge in [-0.25, -0.2) is 4.39 Å². The topological polar surface area (TPSA) is 29.5 Å². The van der Waals surface area contributed by atoms with Crippen LogP contribution in [0.3, 0.4) is 0 Å². The van der Waals surface area contributed by atoms with E-state index in [4.69, 9.17) is 0 Å². The number of benzene rings is 2. The van der Waals surface area contributed by atoms with E-state index in [9.17, 15) is 22.7 Å². The molecule has 0 aliphatic carbocycles. The Morgan fingerprint density at radius 2 is 1.30 bits per heavy atom. The average Bonchev–Trinajstić information content (AvgIpc) is 2.38. The Balaban J connectivity index is 2.15. The third-order valence-corrected chi connectivity index (χ3v) is 2.62. The number of aliphatic hydroxyl groups excluding tert-OH is 1. The summed E-state index contributed by atoms with van der Waals surface area (Å²) in [7, 11) is 0. The minimum atomic E-state index is -4.75. The first-order valence-electron chi connectivity index (χ1n) is 5.64. The van der Waals surface area contributed by atoms with Gasteiger partial charge in [-0.15, -0.1) is 13.2 Å². The molecule has 0 aromatic heterocycles. The highest BCUT2D eigenvalue weighted by Crippen LogP contribution is 2.27. The Kier molecular flexibility index (Phi) is 3.94. The molecule has 0 fully saturated rings. The van der Waals surface area contributed by atoms with Gasteiger partial charge in [0.25, 0.3) is 0 Å². The molecule has 6 heteroatoms. The van der Waals surface area contributed by atoms with Crippen LogP contribution in [0.1, 0.15) is 17.2 Å². The number of hydrogen-bond donors (Lipinski definition) is 1. The number of aliphatic hydroxyl groups is 1. The molecule has 1 N–H and O–H groups in total. The number of halogens is 4. The minimum absolute atomic E-state index is 0.368. The first-order chi connectivity index (χ1) is 9.35. The van der Waals surface area contributed by atoms with Crippen LogP contribution in [0.5, 0.6) is 5.75 Å². The van der Waals surface area contributed by atoms with Gasteiger partial charge in [-0.05, 0) is 35.4 Å². The van der Waals surface area contributed by atoms with E-state index < -0.39 is 18.3 Å². The summed E-state index contributed by atoms with van der Waals surface area (Å²) in [6.45, 7) is 0. The number of hydrogen-bond acceptors (Lipinski definition) is 2. The van der Waals surface area contributed by atoms with Gasteiger partial charge in [0.05, 0.1) is 0 Å². The molecule has 0 bridgehead atoms. The van der Waals surface area contributed by atoms with Crippen molar-refractivity contribution in [2.75, 3.05) is 0 Å². The molecule has 106 valence electrons. The number of rotatable bonds is 3. The van der Waals surface area contributed by atoms with E-state index in [1.54, 1.807) is 0 Å². The molecule has 0 saturated carbocycles. The molecule has 1 unspecified atom stereocenters. The van der Waals surface area contributed by atoms with Crippen LogP contribution < -0.4 is 4.74 Å². The van der Waals surface area contributed by atoms with Crippen molar-refractivity contribution in [3.8, 4) is 5.75 Å². The Hall–Kier alpha value is -2.08. The lowest BCUT2D eigenvalue weighted by molar-refractivity contribution is -0.274. The molecular formula is C14H10F4O2. The molecule has 0 heterocycles. The van der Waals surface area contributed by atoms with Crippen LogP contribution in [0.2, 0.25) is 0 Å². The van der Waals surface area contributed by atoms with Crippen molar-refractivity contribution in [1.29, 1.82) is 0 Å². The molecule has 20 heavy (non-hydrogen) atoms. The molecule has 0 saturated heterocycles. The average molecular weight is 286 g/mol. The van der Waals surface area contributed by atoms with Gasteiger partial charge in [-0.1, -0.05) is 24.3 Å². The summed E-state index contributed by atoms with van der Waals surface area (Å²) < 4.78 is 52.5. The largest absolute Gasteiger partial charge is 0.573 e. The normalized spacial score (nSPS) is 13.1. The number of ether oxygens (including phenoxy) is 1. The van der Waals surface area contributed by atoms with Gasteiger partial charge in [-0.2, -0.15) is 0 Å². The van der Waals surface area contributed by atoms with Gasteiger partial charge in [0.2, 0.25) is 0 Å². The molecule has 0 radical (unpaired) electrons. The second-order valence-electron chi connectivity index (χ2n) is 4.07. The zero-order valence-corrected chi connectivity index (χ0v) is 10.1. The smallest absolute Gasteiger partial charge is 0.406 e. The summed E-state index contributed by atoms with van der Waals surface area (Å²) in [5.74, 6) is -0.803. The van der Waals surface area contributed by atoms with Crippen LogP contribution >= 0.6 is 0 Å². The van der Waals surface area contributed by atoms with Crippen molar-refractivity contribution in [2.24, 2.45) is 0 Å². The van der Waals surface area contributed by atoms with E-state index in [2.05, 4.69) is 4.74 Å². The van der Waals surface area contributed by atoms with Crippen molar-refractivity contribution in [3.05, 3.63) is 65.5 Å². The van der Waals surface area contributed by atoms with Gasteiger partial charge >= 0.3 is 6.36 Å². The van der Waals surface area contributed by atoms with E-state index in [1.807, 2.05) is 0 Å². The maximum absolute atomic E-state index is 12.8. The molecule has 0 spiro atoms. The van der Waals surface area contributed by atoms with Crippen molar-refractivity contribution >= 4 is 0 Å². The minimum Gasteiger partial charge on any atom is -0.406 e. The summed E-state index contributed by atoms with van der Waals surface area (Å²) in [5.41, 5.74) is 0.821. The van der Waals surface area contributed by atoms with E-state index in [1.165, 1.54) is 36.4 Å². The molecule has 0 aliphatic heterocycles. The molecule has 2 nitrogen and oxygen atoms in total. The van der Waals surface area contributed by atoms with Crippen LogP contribution in [-0.4, -0.2) is 11.5 Å². The highest BCUT2D eigenvalue weighted by Gasteiger charge is 2.31. The van der Waals surface area contributed by atoms with Crippen LogP contribution in [0.15, 0.2) is 48.5 Å². The summed E-state index contributed by atoms with van der Waals surface area (Å²) in [4.78, 5) is 0. The highest BCUT2D eigenvalue weighted by atomic mass is 19.4. The first-order valence-corrected chi connectivity index (χ1v) is 5.64. The zero-order chi connectivity index (χ0) is 14.8. The quantitative estimate of drug-likeness (QED) is 0.869. The SMILES string of the molecule is OC(c1ccc(F)cc1)c1ccc(OC(F)(F)F)cc1. The van der Waals surface area contributed by atoms with Crippen molar-refractivity contribution in [2.45, 2.75) is 12.5 Å². The summed E-state index contributed by atoms with van der Waals surface area (Å²) in [6.07, 6.45) is -5.80. The maximum Gasteiger partial charge on any atom is 0.573 e. The highest BCUT2D eigenvalue weighted by molar-refractivity contribution is 5.34. The predicted molar refractivity (Wildman–Crippen MR) is 63.6 cm³/mol. The van der Waals surface area contributed by atoms with Crippen LogP contribution in [-0.2, 0) is 0 Å². The zero-order valence-electron chi connectivity index (χ0n) is 10.1. The second-order valence-corrected chi connectivity index (χ2v) is 4.07.